The number of aromatic nitrogens is 1. The smallest absolute Gasteiger partial charge is 0.242 e. The average Bonchev–Trinajstić information content (AvgIpc) is 2.84. The number of hydrogen-bond donors (Lipinski definition) is 3. The molecule has 1 atom stereocenters. The maximum Gasteiger partial charge on any atom is 0.242 e. The molecular formula is C12H21N3O4S2. The van der Waals surface area contributed by atoms with Crippen molar-refractivity contribution in [2.75, 3.05) is 18.1 Å². The van der Waals surface area contributed by atoms with E-state index in [0.29, 0.717) is 19.4 Å². The van der Waals surface area contributed by atoms with Crippen molar-refractivity contribution in [2.45, 2.75) is 37.2 Å². The largest absolute Gasteiger partial charge is 0.363 e. The van der Waals surface area contributed by atoms with Gasteiger partial charge in [-0.05, 0) is 25.5 Å². The summed E-state index contributed by atoms with van der Waals surface area (Å²) in [6, 6.07) is 1.02. The Kier molecular flexibility index (Phi) is 5.07. The fourth-order valence-electron chi connectivity index (χ4n) is 2.34. The summed E-state index contributed by atoms with van der Waals surface area (Å²) in [7, 11) is -6.83. The number of H-pyrrole nitrogens is 1. The van der Waals surface area contributed by atoms with Crippen LogP contribution in [0, 0.1) is 0 Å². The molecule has 2 heterocycles. The lowest BCUT2D eigenvalue weighted by atomic mass is 10.2. The zero-order valence-electron chi connectivity index (χ0n) is 11.9. The summed E-state index contributed by atoms with van der Waals surface area (Å²) >= 11 is 0. The van der Waals surface area contributed by atoms with Gasteiger partial charge in [-0.2, -0.15) is 0 Å². The van der Waals surface area contributed by atoms with E-state index in [0.717, 1.165) is 12.2 Å². The van der Waals surface area contributed by atoms with Gasteiger partial charge in [0.05, 0.1) is 16.4 Å². The van der Waals surface area contributed by atoms with Crippen molar-refractivity contribution in [3.8, 4) is 0 Å². The van der Waals surface area contributed by atoms with Crippen LogP contribution in [0.2, 0.25) is 0 Å². The Bertz CT molecular complexity index is 679. The molecule has 1 aromatic rings. The summed E-state index contributed by atoms with van der Waals surface area (Å²) in [6.07, 6.45) is 2.47. The first-order chi connectivity index (χ1) is 9.82. The standard InChI is InChI=1S/C12H21N3O4S2/c1-2-13-7-11-6-12(8-14-11)21(18,19)15-10-4-3-5-20(16,17)9-10/h6,8,10,13-15H,2-5,7,9H2,1H3. The molecule has 0 saturated carbocycles. The highest BCUT2D eigenvalue weighted by Gasteiger charge is 2.29. The SMILES string of the molecule is CCNCc1cc(S(=O)(=O)NC2CCCS(=O)(=O)C2)c[nH]1. The van der Waals surface area contributed by atoms with Crippen LogP contribution in [0.15, 0.2) is 17.2 Å². The Morgan fingerprint density at radius 3 is 2.86 bits per heavy atom. The predicted molar refractivity (Wildman–Crippen MR) is 80.2 cm³/mol. The quantitative estimate of drug-likeness (QED) is 0.677. The number of sulfone groups is 1. The van der Waals surface area contributed by atoms with Crippen LogP contribution in [-0.2, 0) is 26.4 Å². The van der Waals surface area contributed by atoms with Gasteiger partial charge in [-0.1, -0.05) is 6.92 Å². The van der Waals surface area contributed by atoms with Crippen molar-refractivity contribution in [1.82, 2.24) is 15.0 Å². The van der Waals surface area contributed by atoms with Crippen LogP contribution in [0.5, 0.6) is 0 Å². The van der Waals surface area contributed by atoms with E-state index in [4.69, 9.17) is 0 Å². The van der Waals surface area contributed by atoms with Crippen LogP contribution in [0.1, 0.15) is 25.5 Å². The Morgan fingerprint density at radius 1 is 1.43 bits per heavy atom. The molecule has 1 saturated heterocycles. The van der Waals surface area contributed by atoms with E-state index >= 15 is 0 Å². The van der Waals surface area contributed by atoms with Gasteiger partial charge in [0.1, 0.15) is 0 Å². The second-order valence-corrected chi connectivity index (χ2v) is 9.16. The van der Waals surface area contributed by atoms with Gasteiger partial charge in [0.2, 0.25) is 10.0 Å². The summed E-state index contributed by atoms with van der Waals surface area (Å²) in [4.78, 5) is 3.04. The van der Waals surface area contributed by atoms with Crippen LogP contribution in [0.25, 0.3) is 0 Å². The molecule has 9 heteroatoms. The van der Waals surface area contributed by atoms with Crippen molar-refractivity contribution < 1.29 is 16.8 Å². The van der Waals surface area contributed by atoms with E-state index in [1.807, 2.05) is 6.92 Å². The van der Waals surface area contributed by atoms with Gasteiger partial charge in [0.15, 0.2) is 9.84 Å². The third-order valence-electron chi connectivity index (χ3n) is 3.38. The zero-order valence-corrected chi connectivity index (χ0v) is 13.6. The Hall–Kier alpha value is -0.900. The fourth-order valence-corrected chi connectivity index (χ4v) is 5.37. The second kappa shape index (κ2) is 6.47. The first-order valence-corrected chi connectivity index (χ1v) is 10.2. The molecule has 2 rings (SSSR count). The first kappa shape index (κ1) is 16.5. The van der Waals surface area contributed by atoms with Crippen LogP contribution in [0.4, 0.5) is 0 Å². The maximum absolute atomic E-state index is 12.3. The van der Waals surface area contributed by atoms with Crippen molar-refractivity contribution in [3.05, 3.63) is 18.0 Å². The summed E-state index contributed by atoms with van der Waals surface area (Å²) in [5.74, 6) is 0.0170. The highest BCUT2D eigenvalue weighted by atomic mass is 32.2. The van der Waals surface area contributed by atoms with E-state index in [9.17, 15) is 16.8 Å². The molecule has 120 valence electrons. The molecule has 0 aliphatic carbocycles. The Morgan fingerprint density at radius 2 is 2.19 bits per heavy atom. The van der Waals surface area contributed by atoms with Gasteiger partial charge in [-0.3, -0.25) is 0 Å². The number of hydrogen-bond acceptors (Lipinski definition) is 5. The Balaban J connectivity index is 2.06. The molecule has 1 aromatic heterocycles. The zero-order chi connectivity index (χ0) is 15.5. The van der Waals surface area contributed by atoms with E-state index in [1.54, 1.807) is 6.07 Å². The molecular weight excluding hydrogens is 314 g/mol. The van der Waals surface area contributed by atoms with Gasteiger partial charge in [0.25, 0.3) is 0 Å². The Labute approximate surface area is 125 Å². The monoisotopic (exact) mass is 335 g/mol. The summed E-state index contributed by atoms with van der Waals surface area (Å²) < 4.78 is 50.1. The van der Waals surface area contributed by atoms with Gasteiger partial charge < -0.3 is 10.3 Å². The lowest BCUT2D eigenvalue weighted by Crippen LogP contribution is -2.43. The highest BCUT2D eigenvalue weighted by molar-refractivity contribution is 7.91. The lowest BCUT2D eigenvalue weighted by Gasteiger charge is -2.22. The third-order valence-corrected chi connectivity index (χ3v) is 6.70. The second-order valence-electron chi connectivity index (χ2n) is 5.22. The molecule has 1 aliphatic heterocycles. The molecule has 1 fully saturated rings. The molecule has 0 spiro atoms. The molecule has 0 aromatic carbocycles. The normalized spacial score (nSPS) is 22.2. The van der Waals surface area contributed by atoms with Crippen LogP contribution < -0.4 is 10.0 Å². The number of nitrogens with one attached hydrogen (secondary N) is 3. The van der Waals surface area contributed by atoms with E-state index in [1.165, 1.54) is 6.20 Å². The van der Waals surface area contributed by atoms with Gasteiger partial charge in [-0.15, -0.1) is 0 Å². The minimum atomic E-state index is -3.69. The lowest BCUT2D eigenvalue weighted by molar-refractivity contribution is 0.517. The maximum atomic E-state index is 12.3. The molecule has 1 unspecified atom stereocenters. The molecule has 1 aliphatic rings. The van der Waals surface area contributed by atoms with Crippen molar-refractivity contribution in [1.29, 1.82) is 0 Å². The van der Waals surface area contributed by atoms with Crippen LogP contribution in [0.3, 0.4) is 0 Å². The number of rotatable bonds is 6. The highest BCUT2D eigenvalue weighted by Crippen LogP contribution is 2.16. The van der Waals surface area contributed by atoms with Crippen molar-refractivity contribution in [2.24, 2.45) is 0 Å². The minimum absolute atomic E-state index is 0.124. The van der Waals surface area contributed by atoms with Crippen LogP contribution in [-0.4, -0.2) is 45.9 Å². The predicted octanol–water partition coefficient (Wildman–Crippen LogP) is -0.0203. The summed E-state index contributed by atoms with van der Waals surface area (Å²) in [5.41, 5.74) is 0.772. The van der Waals surface area contributed by atoms with Gasteiger partial charge in [-0.25, -0.2) is 21.6 Å². The number of aromatic amines is 1. The van der Waals surface area contributed by atoms with Gasteiger partial charge in [0, 0.05) is 24.5 Å². The van der Waals surface area contributed by atoms with Crippen molar-refractivity contribution >= 4 is 19.9 Å². The topological polar surface area (TPSA) is 108 Å². The third kappa shape index (κ3) is 4.53. The molecule has 0 amide bonds. The molecule has 21 heavy (non-hydrogen) atoms. The molecule has 0 radical (unpaired) electrons. The van der Waals surface area contributed by atoms with Crippen molar-refractivity contribution in [3.63, 3.8) is 0 Å². The average molecular weight is 335 g/mol. The van der Waals surface area contributed by atoms with E-state index < -0.39 is 25.9 Å². The fraction of sp³-hybridized carbons (Fsp3) is 0.667. The molecule has 7 nitrogen and oxygen atoms in total. The minimum Gasteiger partial charge on any atom is -0.363 e. The summed E-state index contributed by atoms with van der Waals surface area (Å²) in [5, 5.41) is 3.10. The number of sulfonamides is 1. The molecule has 0 bridgehead atoms. The first-order valence-electron chi connectivity index (χ1n) is 6.93. The van der Waals surface area contributed by atoms with E-state index in [-0.39, 0.29) is 16.4 Å². The van der Waals surface area contributed by atoms with E-state index in [2.05, 4.69) is 15.0 Å². The summed E-state index contributed by atoms with van der Waals surface area (Å²) in [6.45, 7) is 3.31. The molecule has 3 N–H and O–H groups in total. The van der Waals surface area contributed by atoms with Crippen LogP contribution >= 0.6 is 0 Å². The van der Waals surface area contributed by atoms with Gasteiger partial charge >= 0.3 is 0 Å².